The molecule has 0 aliphatic carbocycles. The van der Waals surface area contributed by atoms with E-state index in [2.05, 4.69) is 26.5 Å². The molecule has 0 bridgehead atoms. The van der Waals surface area contributed by atoms with E-state index in [-0.39, 0.29) is 31.0 Å². The van der Waals surface area contributed by atoms with Crippen LogP contribution in [0.4, 0.5) is 0 Å². The highest BCUT2D eigenvalue weighted by atomic mass is 16.6. The smallest absolute Gasteiger partial charge is 0.320 e. The molecule has 2 heterocycles. The fraction of sp³-hybridized carbons (Fsp3) is 0.900. The molecular weight excluding hydrogens is 512 g/mol. The third-order valence-electron chi connectivity index (χ3n) is 7.08. The standard InChI is InChI=1S/C30H56N4O6/c1-8-9-20-38-26(35)22-31-12-10-25(11-13-31)21-32-14-16-33(23-27(36)39-29(2,3)4)18-19-34(17-15-32)24-28(37)40-30(5,6)7/h25H,8-24H2,1-7H3. The van der Waals surface area contributed by atoms with Crippen molar-refractivity contribution in [2.45, 2.75) is 85.4 Å². The van der Waals surface area contributed by atoms with Crippen LogP contribution in [0.5, 0.6) is 0 Å². The molecule has 0 aromatic heterocycles. The van der Waals surface area contributed by atoms with Crippen LogP contribution in [0.1, 0.15) is 74.1 Å². The number of likely N-dealkylation sites (tertiary alicyclic amines) is 1. The van der Waals surface area contributed by atoms with E-state index < -0.39 is 11.2 Å². The Labute approximate surface area is 242 Å². The third-order valence-corrected chi connectivity index (χ3v) is 7.08. The highest BCUT2D eigenvalue weighted by Crippen LogP contribution is 2.19. The molecule has 0 saturated carbocycles. The molecule has 40 heavy (non-hydrogen) atoms. The van der Waals surface area contributed by atoms with Crippen LogP contribution >= 0.6 is 0 Å². The summed E-state index contributed by atoms with van der Waals surface area (Å²) in [5, 5.41) is 0. The van der Waals surface area contributed by atoms with Crippen LogP contribution in [0.25, 0.3) is 0 Å². The number of rotatable bonds is 11. The lowest BCUT2D eigenvalue weighted by Gasteiger charge is -2.35. The van der Waals surface area contributed by atoms with Gasteiger partial charge in [0.1, 0.15) is 11.2 Å². The number of hydrogen-bond acceptors (Lipinski definition) is 10. The molecule has 2 aliphatic heterocycles. The molecule has 10 nitrogen and oxygen atoms in total. The van der Waals surface area contributed by atoms with Gasteiger partial charge < -0.3 is 19.1 Å². The second kappa shape index (κ2) is 16.6. The van der Waals surface area contributed by atoms with Crippen molar-refractivity contribution in [2.75, 3.05) is 85.1 Å². The molecule has 0 aromatic carbocycles. The molecule has 0 aromatic rings. The summed E-state index contributed by atoms with van der Waals surface area (Å²) in [6.07, 6.45) is 4.02. The number of piperidine rings is 1. The summed E-state index contributed by atoms with van der Waals surface area (Å²) in [5.74, 6) is -0.0241. The number of carbonyl (C=O) groups is 3. The van der Waals surface area contributed by atoms with Crippen LogP contribution in [0.2, 0.25) is 0 Å². The van der Waals surface area contributed by atoms with E-state index in [4.69, 9.17) is 14.2 Å². The number of ether oxygens (including phenoxy) is 3. The van der Waals surface area contributed by atoms with Crippen molar-refractivity contribution in [2.24, 2.45) is 5.92 Å². The first-order chi connectivity index (χ1) is 18.7. The van der Waals surface area contributed by atoms with Crippen LogP contribution in [0, 0.1) is 5.92 Å². The summed E-state index contributed by atoms with van der Waals surface area (Å²) >= 11 is 0. The van der Waals surface area contributed by atoms with Crippen LogP contribution in [0.3, 0.4) is 0 Å². The molecule has 2 aliphatic rings. The molecule has 2 saturated heterocycles. The van der Waals surface area contributed by atoms with Gasteiger partial charge in [0.25, 0.3) is 0 Å². The van der Waals surface area contributed by atoms with E-state index in [9.17, 15) is 14.4 Å². The quantitative estimate of drug-likeness (QED) is 0.210. The molecule has 0 N–H and O–H groups in total. The van der Waals surface area contributed by atoms with E-state index >= 15 is 0 Å². The van der Waals surface area contributed by atoms with Crippen molar-refractivity contribution in [3.63, 3.8) is 0 Å². The summed E-state index contributed by atoms with van der Waals surface area (Å²) in [6.45, 7) is 22.1. The van der Waals surface area contributed by atoms with Gasteiger partial charge in [-0.05, 0) is 79.8 Å². The average Bonchev–Trinajstić information content (AvgIpc) is 2.90. The Morgan fingerprint density at radius 3 is 1.45 bits per heavy atom. The van der Waals surface area contributed by atoms with Crippen molar-refractivity contribution in [1.82, 2.24) is 19.6 Å². The monoisotopic (exact) mass is 568 g/mol. The Balaban J connectivity index is 1.94. The summed E-state index contributed by atoms with van der Waals surface area (Å²) in [6, 6.07) is 0. The van der Waals surface area contributed by atoms with Gasteiger partial charge in [0.2, 0.25) is 0 Å². The second-order valence-electron chi connectivity index (χ2n) is 13.3. The van der Waals surface area contributed by atoms with Gasteiger partial charge in [-0.1, -0.05) is 13.3 Å². The van der Waals surface area contributed by atoms with Gasteiger partial charge in [0.15, 0.2) is 0 Å². The fourth-order valence-electron chi connectivity index (χ4n) is 5.05. The van der Waals surface area contributed by atoms with Gasteiger partial charge in [-0.3, -0.25) is 29.1 Å². The Hall–Kier alpha value is -1.75. The predicted molar refractivity (Wildman–Crippen MR) is 156 cm³/mol. The van der Waals surface area contributed by atoms with E-state index in [0.717, 1.165) is 71.5 Å². The predicted octanol–water partition coefficient (Wildman–Crippen LogP) is 2.64. The number of unbranched alkanes of at least 4 members (excludes halogenated alkanes) is 1. The summed E-state index contributed by atoms with van der Waals surface area (Å²) in [5.41, 5.74) is -1.04. The first-order valence-electron chi connectivity index (χ1n) is 15.2. The molecule has 2 fully saturated rings. The largest absolute Gasteiger partial charge is 0.465 e. The lowest BCUT2D eigenvalue weighted by molar-refractivity contribution is -0.158. The van der Waals surface area contributed by atoms with Crippen molar-refractivity contribution in [1.29, 1.82) is 0 Å². The number of hydrogen-bond donors (Lipinski definition) is 0. The van der Waals surface area contributed by atoms with Gasteiger partial charge in [-0.25, -0.2) is 0 Å². The Morgan fingerprint density at radius 2 is 1.02 bits per heavy atom. The minimum absolute atomic E-state index is 0.123. The molecular formula is C30H56N4O6. The molecule has 232 valence electrons. The number of esters is 3. The molecule has 0 unspecified atom stereocenters. The minimum Gasteiger partial charge on any atom is -0.465 e. The summed E-state index contributed by atoms with van der Waals surface area (Å²) in [7, 11) is 0. The van der Waals surface area contributed by atoms with Crippen LogP contribution < -0.4 is 0 Å². The topological polar surface area (TPSA) is 91.9 Å². The van der Waals surface area contributed by atoms with Gasteiger partial charge in [0.05, 0.1) is 26.2 Å². The van der Waals surface area contributed by atoms with E-state index in [1.165, 1.54) is 0 Å². The number of carbonyl (C=O) groups excluding carboxylic acids is 3. The third kappa shape index (κ3) is 15.3. The van der Waals surface area contributed by atoms with Crippen molar-refractivity contribution in [3.05, 3.63) is 0 Å². The minimum atomic E-state index is -0.521. The first kappa shape index (κ1) is 34.5. The number of nitrogens with zero attached hydrogens (tertiary/aromatic N) is 4. The highest BCUT2D eigenvalue weighted by molar-refractivity contribution is 5.72. The Morgan fingerprint density at radius 1 is 0.625 bits per heavy atom. The zero-order chi connectivity index (χ0) is 29.8. The van der Waals surface area contributed by atoms with E-state index in [1.807, 2.05) is 41.5 Å². The maximum atomic E-state index is 12.6. The summed E-state index contributed by atoms with van der Waals surface area (Å²) in [4.78, 5) is 46.3. The van der Waals surface area contributed by atoms with Crippen LogP contribution in [-0.4, -0.2) is 134 Å². The highest BCUT2D eigenvalue weighted by Gasteiger charge is 2.27. The fourth-order valence-corrected chi connectivity index (χ4v) is 5.05. The van der Waals surface area contributed by atoms with Crippen LogP contribution in [-0.2, 0) is 28.6 Å². The van der Waals surface area contributed by atoms with Gasteiger partial charge in [-0.15, -0.1) is 0 Å². The lowest BCUT2D eigenvalue weighted by Crippen LogP contribution is -2.44. The average molecular weight is 569 g/mol. The second-order valence-corrected chi connectivity index (χ2v) is 13.3. The van der Waals surface area contributed by atoms with Crippen molar-refractivity contribution < 1.29 is 28.6 Å². The van der Waals surface area contributed by atoms with Gasteiger partial charge in [0, 0.05) is 45.8 Å². The lowest BCUT2D eigenvalue weighted by atomic mass is 9.96. The van der Waals surface area contributed by atoms with Gasteiger partial charge in [-0.2, -0.15) is 0 Å². The van der Waals surface area contributed by atoms with E-state index in [0.29, 0.717) is 32.2 Å². The Kier molecular flexibility index (Phi) is 14.3. The molecule has 0 atom stereocenters. The first-order valence-corrected chi connectivity index (χ1v) is 15.2. The summed E-state index contributed by atoms with van der Waals surface area (Å²) < 4.78 is 16.5. The SMILES string of the molecule is CCCCOC(=O)CN1CCC(CN2CCN(CC(=O)OC(C)(C)C)CCN(CC(=O)OC(C)(C)C)CC2)CC1. The molecule has 10 heteroatoms. The molecule has 0 radical (unpaired) electrons. The van der Waals surface area contributed by atoms with Gasteiger partial charge >= 0.3 is 17.9 Å². The Bertz CT molecular complexity index is 744. The maximum absolute atomic E-state index is 12.6. The zero-order valence-corrected chi connectivity index (χ0v) is 26.3. The normalized spacial score (nSPS) is 19.9. The molecule has 2 rings (SSSR count). The maximum Gasteiger partial charge on any atom is 0.320 e. The van der Waals surface area contributed by atoms with E-state index in [1.54, 1.807) is 0 Å². The molecule has 0 spiro atoms. The van der Waals surface area contributed by atoms with Crippen molar-refractivity contribution >= 4 is 17.9 Å². The zero-order valence-electron chi connectivity index (χ0n) is 26.3. The van der Waals surface area contributed by atoms with Crippen molar-refractivity contribution in [3.8, 4) is 0 Å². The molecule has 0 amide bonds. The van der Waals surface area contributed by atoms with Crippen LogP contribution in [0.15, 0.2) is 0 Å².